The molecule has 0 aliphatic carbocycles. The van der Waals surface area contributed by atoms with Gasteiger partial charge >= 0.3 is 6.03 Å². The molecule has 0 aliphatic rings. The van der Waals surface area contributed by atoms with Gasteiger partial charge in [-0.15, -0.1) is 0 Å². The zero-order valence-electron chi connectivity index (χ0n) is 13.6. The first-order valence-electron chi connectivity index (χ1n) is 7.75. The molecule has 3 nitrogen and oxygen atoms in total. The average Bonchev–Trinajstić information content (AvgIpc) is 2.51. The maximum Gasteiger partial charge on any atom is 0.321 e. The molecule has 0 saturated heterocycles. The molecule has 0 fully saturated rings. The first-order valence-corrected chi connectivity index (χ1v) is 7.75. The maximum atomic E-state index is 12.2. The van der Waals surface area contributed by atoms with Crippen LogP contribution in [0.5, 0.6) is 0 Å². The van der Waals surface area contributed by atoms with E-state index in [0.29, 0.717) is 6.54 Å². The van der Waals surface area contributed by atoms with Crippen LogP contribution >= 0.6 is 0 Å². The van der Waals surface area contributed by atoms with Crippen molar-refractivity contribution >= 4 is 11.7 Å². The molecule has 0 spiro atoms. The van der Waals surface area contributed by atoms with E-state index in [1.54, 1.807) is 11.9 Å². The highest BCUT2D eigenvalue weighted by Crippen LogP contribution is 2.12. The number of amides is 2. The van der Waals surface area contributed by atoms with Crippen molar-refractivity contribution in [2.45, 2.75) is 33.2 Å². The second kappa shape index (κ2) is 7.64. The van der Waals surface area contributed by atoms with Crippen LogP contribution in [0.1, 0.15) is 30.0 Å². The molecule has 0 radical (unpaired) electrons. The van der Waals surface area contributed by atoms with Crippen LogP contribution in [0.3, 0.4) is 0 Å². The molecule has 3 heteroatoms. The van der Waals surface area contributed by atoms with E-state index in [2.05, 4.69) is 55.6 Å². The van der Waals surface area contributed by atoms with Crippen LogP contribution in [0.4, 0.5) is 10.5 Å². The number of aryl methyl sites for hydroxylation is 2. The van der Waals surface area contributed by atoms with Gasteiger partial charge in [0, 0.05) is 19.3 Å². The molecule has 2 aromatic carbocycles. The first kappa shape index (κ1) is 16.1. The van der Waals surface area contributed by atoms with Gasteiger partial charge in [-0.3, -0.25) is 0 Å². The Hall–Kier alpha value is -2.29. The van der Waals surface area contributed by atoms with Crippen molar-refractivity contribution in [3.8, 4) is 0 Å². The van der Waals surface area contributed by atoms with Gasteiger partial charge in [0.05, 0.1) is 0 Å². The van der Waals surface area contributed by atoms with Crippen LogP contribution in [0.2, 0.25) is 0 Å². The Morgan fingerprint density at radius 1 is 1.00 bits per heavy atom. The molecule has 22 heavy (non-hydrogen) atoms. The number of urea groups is 1. The molecule has 0 saturated carbocycles. The van der Waals surface area contributed by atoms with Gasteiger partial charge in [-0.2, -0.15) is 0 Å². The Morgan fingerprint density at radius 3 is 2.18 bits per heavy atom. The quantitative estimate of drug-likeness (QED) is 0.858. The van der Waals surface area contributed by atoms with Crippen LogP contribution < -0.4 is 5.32 Å². The standard InChI is InChI=1S/C19H24N2O/c1-4-5-16-10-12-18(13-11-16)20-19(22)21(3)14-17-8-6-15(2)7-9-17/h6-13H,4-5,14H2,1-3H3,(H,20,22). The number of hydrogen-bond donors (Lipinski definition) is 1. The molecule has 0 aliphatic heterocycles. The molecule has 0 aromatic heterocycles. The van der Waals surface area contributed by atoms with Crippen molar-refractivity contribution < 1.29 is 4.79 Å². The lowest BCUT2D eigenvalue weighted by Gasteiger charge is -2.18. The molecule has 0 heterocycles. The number of nitrogens with one attached hydrogen (secondary N) is 1. The molecule has 2 aromatic rings. The number of carbonyl (C=O) groups is 1. The van der Waals surface area contributed by atoms with Crippen LogP contribution in [0.15, 0.2) is 48.5 Å². The normalized spacial score (nSPS) is 10.3. The third-order valence-corrected chi connectivity index (χ3v) is 3.63. The lowest BCUT2D eigenvalue weighted by molar-refractivity contribution is 0.220. The summed E-state index contributed by atoms with van der Waals surface area (Å²) in [4.78, 5) is 13.9. The van der Waals surface area contributed by atoms with E-state index in [4.69, 9.17) is 0 Å². The number of rotatable bonds is 5. The van der Waals surface area contributed by atoms with Gasteiger partial charge < -0.3 is 10.2 Å². The van der Waals surface area contributed by atoms with Crippen LogP contribution in [0, 0.1) is 6.92 Å². The molecule has 0 unspecified atom stereocenters. The summed E-state index contributed by atoms with van der Waals surface area (Å²) in [6.45, 7) is 4.82. The zero-order chi connectivity index (χ0) is 15.9. The van der Waals surface area contributed by atoms with Crippen molar-refractivity contribution in [2.24, 2.45) is 0 Å². The number of hydrogen-bond acceptors (Lipinski definition) is 1. The van der Waals surface area contributed by atoms with E-state index < -0.39 is 0 Å². The fraction of sp³-hybridized carbons (Fsp3) is 0.316. The predicted molar refractivity (Wildman–Crippen MR) is 92.1 cm³/mol. The molecule has 1 N–H and O–H groups in total. The molecule has 2 amide bonds. The second-order valence-corrected chi connectivity index (χ2v) is 5.72. The zero-order valence-corrected chi connectivity index (χ0v) is 13.6. The lowest BCUT2D eigenvalue weighted by atomic mass is 10.1. The van der Waals surface area contributed by atoms with Crippen LogP contribution in [-0.2, 0) is 13.0 Å². The summed E-state index contributed by atoms with van der Waals surface area (Å²) in [7, 11) is 1.81. The van der Waals surface area contributed by atoms with E-state index in [0.717, 1.165) is 24.1 Å². The minimum atomic E-state index is -0.0937. The van der Waals surface area contributed by atoms with Gasteiger partial charge in [-0.25, -0.2) is 4.79 Å². The Morgan fingerprint density at radius 2 is 1.59 bits per heavy atom. The molecule has 0 atom stereocenters. The lowest BCUT2D eigenvalue weighted by Crippen LogP contribution is -2.30. The highest BCUT2D eigenvalue weighted by Gasteiger charge is 2.09. The highest BCUT2D eigenvalue weighted by atomic mass is 16.2. The van der Waals surface area contributed by atoms with Crippen molar-refractivity contribution in [1.82, 2.24) is 4.90 Å². The third kappa shape index (κ3) is 4.62. The van der Waals surface area contributed by atoms with Crippen LogP contribution in [0.25, 0.3) is 0 Å². The first-order chi connectivity index (χ1) is 10.6. The van der Waals surface area contributed by atoms with Gasteiger partial charge in [-0.05, 0) is 36.6 Å². The topological polar surface area (TPSA) is 32.3 Å². The van der Waals surface area contributed by atoms with Crippen molar-refractivity contribution in [1.29, 1.82) is 0 Å². The minimum Gasteiger partial charge on any atom is -0.323 e. The summed E-state index contributed by atoms with van der Waals surface area (Å²) in [6.07, 6.45) is 2.20. The van der Waals surface area contributed by atoms with Gasteiger partial charge in [-0.1, -0.05) is 55.3 Å². The number of nitrogens with zero attached hydrogens (tertiary/aromatic N) is 1. The fourth-order valence-corrected chi connectivity index (χ4v) is 2.30. The summed E-state index contributed by atoms with van der Waals surface area (Å²) in [5.74, 6) is 0. The summed E-state index contributed by atoms with van der Waals surface area (Å²) < 4.78 is 0. The van der Waals surface area contributed by atoms with Crippen molar-refractivity contribution in [3.05, 3.63) is 65.2 Å². The largest absolute Gasteiger partial charge is 0.323 e. The van der Waals surface area contributed by atoms with Gasteiger partial charge in [0.1, 0.15) is 0 Å². The highest BCUT2D eigenvalue weighted by molar-refractivity contribution is 5.89. The Bertz CT molecular complexity index is 602. The summed E-state index contributed by atoms with van der Waals surface area (Å²) >= 11 is 0. The van der Waals surface area contributed by atoms with E-state index >= 15 is 0 Å². The molecular formula is C19H24N2O. The van der Waals surface area contributed by atoms with E-state index in [1.807, 2.05) is 12.1 Å². The summed E-state index contributed by atoms with van der Waals surface area (Å²) in [5.41, 5.74) is 4.48. The molecular weight excluding hydrogens is 272 g/mol. The van der Waals surface area contributed by atoms with E-state index in [9.17, 15) is 4.79 Å². The van der Waals surface area contributed by atoms with Gasteiger partial charge in [0.2, 0.25) is 0 Å². The Balaban J connectivity index is 1.91. The van der Waals surface area contributed by atoms with Gasteiger partial charge in [0.15, 0.2) is 0 Å². The van der Waals surface area contributed by atoms with Crippen LogP contribution in [-0.4, -0.2) is 18.0 Å². The number of carbonyl (C=O) groups excluding carboxylic acids is 1. The second-order valence-electron chi connectivity index (χ2n) is 5.72. The monoisotopic (exact) mass is 296 g/mol. The number of anilines is 1. The SMILES string of the molecule is CCCc1ccc(NC(=O)N(C)Cc2ccc(C)cc2)cc1. The third-order valence-electron chi connectivity index (χ3n) is 3.63. The summed E-state index contributed by atoms with van der Waals surface area (Å²) in [6, 6.07) is 16.2. The summed E-state index contributed by atoms with van der Waals surface area (Å²) in [5, 5.41) is 2.93. The number of benzene rings is 2. The smallest absolute Gasteiger partial charge is 0.321 e. The average molecular weight is 296 g/mol. The van der Waals surface area contributed by atoms with Crippen molar-refractivity contribution in [2.75, 3.05) is 12.4 Å². The maximum absolute atomic E-state index is 12.2. The predicted octanol–water partition coefficient (Wildman–Crippen LogP) is 4.61. The van der Waals surface area contributed by atoms with Crippen molar-refractivity contribution in [3.63, 3.8) is 0 Å². The molecule has 116 valence electrons. The van der Waals surface area contributed by atoms with E-state index in [-0.39, 0.29) is 6.03 Å². The Kier molecular flexibility index (Phi) is 5.59. The minimum absolute atomic E-state index is 0.0937. The molecule has 2 rings (SSSR count). The Labute approximate surface area is 133 Å². The van der Waals surface area contributed by atoms with E-state index in [1.165, 1.54) is 11.1 Å². The molecule has 0 bridgehead atoms. The fourth-order valence-electron chi connectivity index (χ4n) is 2.30. The van der Waals surface area contributed by atoms with Gasteiger partial charge in [0.25, 0.3) is 0 Å².